The Balaban J connectivity index is 1.81. The zero-order valence-corrected chi connectivity index (χ0v) is 13.7. The lowest BCUT2D eigenvalue weighted by Gasteiger charge is -2.05. The highest BCUT2D eigenvalue weighted by molar-refractivity contribution is 7.13. The summed E-state index contributed by atoms with van der Waals surface area (Å²) in [6.45, 7) is 0. The predicted molar refractivity (Wildman–Crippen MR) is 88.7 cm³/mol. The minimum absolute atomic E-state index is 0.319. The van der Waals surface area contributed by atoms with Crippen molar-refractivity contribution in [3.63, 3.8) is 0 Å². The fourth-order valence-electron chi connectivity index (χ4n) is 1.82. The molecule has 0 fully saturated rings. The van der Waals surface area contributed by atoms with Gasteiger partial charge in [-0.05, 0) is 18.2 Å². The maximum atomic E-state index is 12.2. The van der Waals surface area contributed by atoms with E-state index in [9.17, 15) is 4.79 Å². The number of nitrogens with one attached hydrogen (secondary N) is 1. The van der Waals surface area contributed by atoms with Crippen LogP contribution in [0.25, 0.3) is 10.6 Å². The second-order valence-electron chi connectivity index (χ2n) is 4.52. The monoisotopic (exact) mass is 352 g/mol. The van der Waals surface area contributed by atoms with E-state index in [0.717, 1.165) is 10.6 Å². The summed E-state index contributed by atoms with van der Waals surface area (Å²) in [5.74, 6) is -0.337. The third kappa shape index (κ3) is 3.14. The fraction of sp³-hybridized carbons (Fsp3) is 0.0714. The SMILES string of the molecule is Cn1cc(-c2nc(C(=O)Nc3cc(Cl)ccc3Cl)cs2)cn1. The number of aryl methyl sites for hydroxylation is 1. The van der Waals surface area contributed by atoms with Crippen LogP contribution in [0.15, 0.2) is 36.0 Å². The first-order chi connectivity index (χ1) is 10.5. The average Bonchev–Trinajstić information content (AvgIpc) is 3.11. The van der Waals surface area contributed by atoms with Crippen molar-refractivity contribution in [2.45, 2.75) is 0 Å². The maximum absolute atomic E-state index is 12.2. The number of amides is 1. The molecule has 1 amide bonds. The Labute approximate surface area is 140 Å². The highest BCUT2D eigenvalue weighted by Crippen LogP contribution is 2.27. The molecule has 0 radical (unpaired) electrons. The topological polar surface area (TPSA) is 59.8 Å². The Bertz CT molecular complexity index is 843. The van der Waals surface area contributed by atoms with Gasteiger partial charge < -0.3 is 5.32 Å². The van der Waals surface area contributed by atoms with Crippen molar-refractivity contribution in [3.8, 4) is 10.6 Å². The van der Waals surface area contributed by atoms with Crippen LogP contribution in [0.2, 0.25) is 10.0 Å². The van der Waals surface area contributed by atoms with Gasteiger partial charge in [0.05, 0.1) is 16.9 Å². The van der Waals surface area contributed by atoms with Crippen molar-refractivity contribution >= 4 is 46.1 Å². The van der Waals surface area contributed by atoms with Crippen molar-refractivity contribution in [2.24, 2.45) is 7.05 Å². The summed E-state index contributed by atoms with van der Waals surface area (Å²) in [5, 5.41) is 10.1. The lowest BCUT2D eigenvalue weighted by atomic mass is 10.3. The summed E-state index contributed by atoms with van der Waals surface area (Å²) in [6, 6.07) is 4.88. The van der Waals surface area contributed by atoms with E-state index in [1.54, 1.807) is 34.5 Å². The van der Waals surface area contributed by atoms with Gasteiger partial charge in [0.1, 0.15) is 10.7 Å². The first kappa shape index (κ1) is 15.0. The molecular weight excluding hydrogens is 343 g/mol. The molecular formula is C14H10Cl2N4OS. The maximum Gasteiger partial charge on any atom is 0.275 e. The third-order valence-electron chi connectivity index (χ3n) is 2.87. The molecule has 2 heterocycles. The summed E-state index contributed by atoms with van der Waals surface area (Å²) in [4.78, 5) is 16.6. The van der Waals surface area contributed by atoms with Crippen LogP contribution in [-0.4, -0.2) is 20.7 Å². The predicted octanol–water partition coefficient (Wildman–Crippen LogP) is 4.10. The molecule has 0 aliphatic rings. The van der Waals surface area contributed by atoms with Gasteiger partial charge in [0.2, 0.25) is 0 Å². The Morgan fingerprint density at radius 1 is 1.36 bits per heavy atom. The smallest absolute Gasteiger partial charge is 0.275 e. The van der Waals surface area contributed by atoms with E-state index < -0.39 is 0 Å². The Hall–Kier alpha value is -1.89. The van der Waals surface area contributed by atoms with Gasteiger partial charge in [0, 0.05) is 29.2 Å². The normalized spacial score (nSPS) is 10.7. The quantitative estimate of drug-likeness (QED) is 0.771. The number of nitrogens with zero attached hydrogens (tertiary/aromatic N) is 3. The van der Waals surface area contributed by atoms with Crippen LogP contribution in [0, 0.1) is 0 Å². The number of hydrogen-bond donors (Lipinski definition) is 1. The third-order valence-corrected chi connectivity index (χ3v) is 4.32. The summed E-state index contributed by atoms with van der Waals surface area (Å²) >= 11 is 13.3. The number of rotatable bonds is 3. The number of hydrogen-bond acceptors (Lipinski definition) is 4. The van der Waals surface area contributed by atoms with E-state index in [2.05, 4.69) is 15.4 Å². The van der Waals surface area contributed by atoms with Gasteiger partial charge in [0.25, 0.3) is 5.91 Å². The van der Waals surface area contributed by atoms with Crippen molar-refractivity contribution < 1.29 is 4.79 Å². The molecule has 0 saturated carbocycles. The molecule has 0 unspecified atom stereocenters. The van der Waals surface area contributed by atoms with E-state index >= 15 is 0 Å². The van der Waals surface area contributed by atoms with E-state index in [0.29, 0.717) is 21.4 Å². The molecule has 1 N–H and O–H groups in total. The van der Waals surface area contributed by atoms with Gasteiger partial charge >= 0.3 is 0 Å². The van der Waals surface area contributed by atoms with Gasteiger partial charge in [-0.15, -0.1) is 11.3 Å². The number of halogens is 2. The first-order valence-electron chi connectivity index (χ1n) is 6.24. The molecule has 5 nitrogen and oxygen atoms in total. The lowest BCUT2D eigenvalue weighted by molar-refractivity contribution is 0.102. The van der Waals surface area contributed by atoms with Crippen LogP contribution in [0.5, 0.6) is 0 Å². The molecule has 0 saturated heterocycles. The van der Waals surface area contributed by atoms with Crippen LogP contribution in [0.4, 0.5) is 5.69 Å². The molecule has 0 aliphatic carbocycles. The summed E-state index contributed by atoms with van der Waals surface area (Å²) in [7, 11) is 1.83. The summed E-state index contributed by atoms with van der Waals surface area (Å²) < 4.78 is 1.68. The van der Waals surface area contributed by atoms with Crippen LogP contribution in [0.3, 0.4) is 0 Å². The van der Waals surface area contributed by atoms with E-state index in [-0.39, 0.29) is 5.91 Å². The minimum Gasteiger partial charge on any atom is -0.319 e. The highest BCUT2D eigenvalue weighted by atomic mass is 35.5. The second kappa shape index (κ2) is 6.08. The summed E-state index contributed by atoms with van der Waals surface area (Å²) in [6.07, 6.45) is 3.54. The Kier molecular flexibility index (Phi) is 4.15. The van der Waals surface area contributed by atoms with Gasteiger partial charge in [-0.2, -0.15) is 5.10 Å². The number of anilines is 1. The van der Waals surface area contributed by atoms with Gasteiger partial charge in [-0.3, -0.25) is 9.48 Å². The molecule has 0 aliphatic heterocycles. The molecule has 0 spiro atoms. The van der Waals surface area contributed by atoms with Crippen LogP contribution < -0.4 is 5.32 Å². The standard InChI is InChI=1S/C14H10Cl2N4OS/c1-20-6-8(5-17-20)14-19-12(7-22-14)13(21)18-11-4-9(15)2-3-10(11)16/h2-7H,1H3,(H,18,21). The van der Waals surface area contributed by atoms with Crippen LogP contribution in [0.1, 0.15) is 10.5 Å². The van der Waals surface area contributed by atoms with Crippen molar-refractivity contribution in [1.29, 1.82) is 0 Å². The number of carbonyl (C=O) groups excluding carboxylic acids is 1. The highest BCUT2D eigenvalue weighted by Gasteiger charge is 2.14. The summed E-state index contributed by atoms with van der Waals surface area (Å²) in [5.41, 5.74) is 1.64. The number of thiazole rings is 1. The number of benzene rings is 1. The van der Waals surface area contributed by atoms with Crippen LogP contribution >= 0.6 is 34.5 Å². The van der Waals surface area contributed by atoms with Crippen molar-refractivity contribution in [3.05, 3.63) is 51.7 Å². The van der Waals surface area contributed by atoms with Gasteiger partial charge in [-0.1, -0.05) is 23.2 Å². The van der Waals surface area contributed by atoms with Crippen molar-refractivity contribution in [1.82, 2.24) is 14.8 Å². The zero-order valence-electron chi connectivity index (χ0n) is 11.4. The molecule has 22 heavy (non-hydrogen) atoms. The van der Waals surface area contributed by atoms with E-state index in [1.807, 2.05) is 13.2 Å². The van der Waals surface area contributed by atoms with Gasteiger partial charge in [-0.25, -0.2) is 4.98 Å². The second-order valence-corrected chi connectivity index (χ2v) is 6.22. The molecule has 2 aromatic heterocycles. The Morgan fingerprint density at radius 2 is 2.18 bits per heavy atom. The molecule has 8 heteroatoms. The van der Waals surface area contributed by atoms with Gasteiger partial charge in [0.15, 0.2) is 0 Å². The van der Waals surface area contributed by atoms with E-state index in [4.69, 9.17) is 23.2 Å². The largest absolute Gasteiger partial charge is 0.319 e. The molecule has 0 atom stereocenters. The fourth-order valence-corrected chi connectivity index (χ4v) is 2.93. The van der Waals surface area contributed by atoms with Crippen LogP contribution in [-0.2, 0) is 7.05 Å². The van der Waals surface area contributed by atoms with E-state index in [1.165, 1.54) is 11.3 Å². The molecule has 112 valence electrons. The minimum atomic E-state index is -0.337. The molecule has 0 bridgehead atoms. The average molecular weight is 353 g/mol. The lowest BCUT2D eigenvalue weighted by Crippen LogP contribution is -2.12. The molecule has 3 aromatic rings. The number of aromatic nitrogens is 3. The molecule has 1 aromatic carbocycles. The Morgan fingerprint density at radius 3 is 2.91 bits per heavy atom. The number of carbonyl (C=O) groups is 1. The zero-order chi connectivity index (χ0) is 15.7. The molecule has 3 rings (SSSR count). The van der Waals surface area contributed by atoms with Crippen molar-refractivity contribution in [2.75, 3.05) is 5.32 Å². The first-order valence-corrected chi connectivity index (χ1v) is 7.87.